The van der Waals surface area contributed by atoms with Crippen LogP contribution in [0.4, 0.5) is 4.39 Å². The summed E-state index contributed by atoms with van der Waals surface area (Å²) in [7, 11) is 0. The van der Waals surface area contributed by atoms with Crippen LogP contribution >= 0.6 is 0 Å². The quantitative estimate of drug-likeness (QED) is 0.570. The topological polar surface area (TPSA) is 24.1 Å². The summed E-state index contributed by atoms with van der Waals surface area (Å²) in [6.07, 6.45) is 3.65. The maximum absolute atomic E-state index is 12.7. The molecule has 0 amide bonds. The van der Waals surface area contributed by atoms with Gasteiger partial charge >= 0.3 is 0 Å². The highest BCUT2D eigenvalue weighted by atomic mass is 19.1. The van der Waals surface area contributed by atoms with Crippen molar-refractivity contribution < 1.29 is 4.39 Å². The van der Waals surface area contributed by atoms with Gasteiger partial charge in [-0.05, 0) is 30.7 Å². The number of benzene rings is 1. The van der Waals surface area contributed by atoms with E-state index in [4.69, 9.17) is 0 Å². The Hall–Kier alpha value is -2.03. The van der Waals surface area contributed by atoms with Crippen LogP contribution in [0.5, 0.6) is 0 Å². The van der Waals surface area contributed by atoms with Crippen LogP contribution in [0.3, 0.4) is 0 Å². The highest BCUT2D eigenvalue weighted by Gasteiger charge is 1.98. The molecule has 0 aliphatic carbocycles. The van der Waals surface area contributed by atoms with E-state index in [1.54, 1.807) is 18.2 Å². The first-order valence-corrected chi connectivity index (χ1v) is 5.85. The van der Waals surface area contributed by atoms with E-state index in [0.717, 1.165) is 30.0 Å². The van der Waals surface area contributed by atoms with Crippen LogP contribution in [0.2, 0.25) is 0 Å². The third-order valence-corrected chi connectivity index (χ3v) is 2.43. The molecule has 0 fully saturated rings. The Balaban J connectivity index is 2.31. The lowest BCUT2D eigenvalue weighted by atomic mass is 10.2. The molecule has 0 bridgehead atoms. The molecule has 18 heavy (non-hydrogen) atoms. The molecule has 0 aliphatic rings. The molecule has 3 heteroatoms. The van der Waals surface area contributed by atoms with E-state index in [2.05, 4.69) is 23.8 Å². The van der Waals surface area contributed by atoms with Gasteiger partial charge < -0.3 is 10.6 Å². The third-order valence-electron chi connectivity index (χ3n) is 2.43. The Morgan fingerprint density at radius 3 is 2.44 bits per heavy atom. The number of halogens is 1. The Kier molecular flexibility index (Phi) is 5.71. The van der Waals surface area contributed by atoms with Crippen molar-refractivity contribution in [2.24, 2.45) is 0 Å². The first-order chi connectivity index (χ1) is 8.63. The van der Waals surface area contributed by atoms with Gasteiger partial charge in [0.1, 0.15) is 5.82 Å². The Labute approximate surface area is 108 Å². The van der Waals surface area contributed by atoms with E-state index < -0.39 is 0 Å². The van der Waals surface area contributed by atoms with Gasteiger partial charge in [0.25, 0.3) is 0 Å². The smallest absolute Gasteiger partial charge is 0.123 e. The zero-order valence-corrected chi connectivity index (χ0v) is 10.7. The summed E-state index contributed by atoms with van der Waals surface area (Å²) in [6, 6.07) is 6.27. The standard InChI is InChI=1S/C15H19FN2/c1-4-5-12(2)17-10-11-18-13(3)14-6-8-15(16)9-7-14/h4-9,17-18H,1,3,10-11H2,2H3/b12-5+. The van der Waals surface area contributed by atoms with Crippen LogP contribution < -0.4 is 10.6 Å². The molecule has 0 atom stereocenters. The van der Waals surface area contributed by atoms with Gasteiger partial charge in [0, 0.05) is 24.5 Å². The molecule has 0 radical (unpaired) electrons. The molecular weight excluding hydrogens is 227 g/mol. The molecule has 0 saturated carbocycles. The average molecular weight is 246 g/mol. The second-order valence-electron chi connectivity index (χ2n) is 3.92. The van der Waals surface area contributed by atoms with Crippen molar-refractivity contribution in [1.82, 2.24) is 10.6 Å². The lowest BCUT2D eigenvalue weighted by Gasteiger charge is -2.11. The summed E-state index contributed by atoms with van der Waals surface area (Å²) in [5.74, 6) is -0.238. The van der Waals surface area contributed by atoms with E-state index in [1.165, 1.54) is 12.1 Å². The molecule has 2 N–H and O–H groups in total. The lowest BCUT2D eigenvalue weighted by Crippen LogP contribution is -2.25. The van der Waals surface area contributed by atoms with E-state index >= 15 is 0 Å². The zero-order chi connectivity index (χ0) is 13.4. The maximum Gasteiger partial charge on any atom is 0.123 e. The monoisotopic (exact) mass is 246 g/mol. The van der Waals surface area contributed by atoms with Crippen LogP contribution in [0.25, 0.3) is 5.70 Å². The normalized spacial score (nSPS) is 10.9. The summed E-state index contributed by atoms with van der Waals surface area (Å²) in [6.45, 7) is 11.1. The second kappa shape index (κ2) is 7.33. The Morgan fingerprint density at radius 1 is 1.22 bits per heavy atom. The number of rotatable bonds is 7. The Morgan fingerprint density at radius 2 is 1.83 bits per heavy atom. The van der Waals surface area contributed by atoms with Crippen LogP contribution in [-0.4, -0.2) is 13.1 Å². The van der Waals surface area contributed by atoms with Crippen molar-refractivity contribution in [3.05, 3.63) is 66.7 Å². The van der Waals surface area contributed by atoms with Crippen LogP contribution in [-0.2, 0) is 0 Å². The SMILES string of the molecule is C=C/C=C(\C)NCCNC(=C)c1ccc(F)cc1. The molecule has 0 unspecified atom stereocenters. The van der Waals surface area contributed by atoms with Crippen LogP contribution in [0.15, 0.2) is 55.3 Å². The first kappa shape index (κ1) is 14.0. The second-order valence-corrected chi connectivity index (χ2v) is 3.92. The fourth-order valence-electron chi connectivity index (χ4n) is 1.46. The molecule has 0 saturated heterocycles. The largest absolute Gasteiger partial charge is 0.387 e. The summed E-state index contributed by atoms with van der Waals surface area (Å²) >= 11 is 0. The third kappa shape index (κ3) is 4.87. The van der Waals surface area contributed by atoms with Crippen LogP contribution in [0.1, 0.15) is 12.5 Å². The number of hydrogen-bond acceptors (Lipinski definition) is 2. The van der Waals surface area contributed by atoms with E-state index in [0.29, 0.717) is 0 Å². The van der Waals surface area contributed by atoms with Gasteiger partial charge in [-0.15, -0.1) is 0 Å². The van der Waals surface area contributed by atoms with Crippen molar-refractivity contribution in [2.75, 3.05) is 13.1 Å². The fraction of sp³-hybridized carbons (Fsp3) is 0.200. The minimum Gasteiger partial charge on any atom is -0.387 e. The molecule has 0 aliphatic heterocycles. The van der Waals surface area contributed by atoms with Gasteiger partial charge in [0.05, 0.1) is 0 Å². The number of hydrogen-bond donors (Lipinski definition) is 2. The van der Waals surface area contributed by atoms with Crippen molar-refractivity contribution in [1.29, 1.82) is 0 Å². The average Bonchev–Trinajstić information content (AvgIpc) is 2.35. The molecule has 1 aromatic rings. The summed E-state index contributed by atoms with van der Waals surface area (Å²) < 4.78 is 12.7. The molecule has 0 spiro atoms. The van der Waals surface area contributed by atoms with Crippen LogP contribution in [0, 0.1) is 5.82 Å². The highest BCUT2D eigenvalue weighted by molar-refractivity contribution is 5.61. The van der Waals surface area contributed by atoms with Gasteiger partial charge in [0.15, 0.2) is 0 Å². The minimum absolute atomic E-state index is 0.238. The molecule has 1 rings (SSSR count). The van der Waals surface area contributed by atoms with Gasteiger partial charge in [-0.25, -0.2) is 4.39 Å². The number of allylic oxidation sites excluding steroid dienone is 3. The zero-order valence-electron chi connectivity index (χ0n) is 10.7. The van der Waals surface area contributed by atoms with Gasteiger partial charge in [0.2, 0.25) is 0 Å². The minimum atomic E-state index is -0.238. The molecule has 96 valence electrons. The van der Waals surface area contributed by atoms with E-state index in [9.17, 15) is 4.39 Å². The molecular formula is C15H19FN2. The maximum atomic E-state index is 12.7. The summed E-state index contributed by atoms with van der Waals surface area (Å²) in [5, 5.41) is 6.41. The van der Waals surface area contributed by atoms with Crippen molar-refractivity contribution in [3.63, 3.8) is 0 Å². The van der Waals surface area contributed by atoms with Gasteiger partial charge in [-0.1, -0.05) is 31.4 Å². The lowest BCUT2D eigenvalue weighted by molar-refractivity contribution is 0.627. The highest BCUT2D eigenvalue weighted by Crippen LogP contribution is 2.09. The summed E-state index contributed by atoms with van der Waals surface area (Å²) in [5.41, 5.74) is 2.76. The molecule has 0 heterocycles. The van der Waals surface area contributed by atoms with Crippen molar-refractivity contribution in [3.8, 4) is 0 Å². The summed E-state index contributed by atoms with van der Waals surface area (Å²) in [4.78, 5) is 0. The number of nitrogens with one attached hydrogen (secondary N) is 2. The predicted molar refractivity (Wildman–Crippen MR) is 75.4 cm³/mol. The van der Waals surface area contributed by atoms with E-state index in [1.807, 2.05) is 13.0 Å². The van der Waals surface area contributed by atoms with E-state index in [-0.39, 0.29) is 5.82 Å². The molecule has 0 aromatic heterocycles. The fourth-order valence-corrected chi connectivity index (χ4v) is 1.46. The molecule has 1 aromatic carbocycles. The first-order valence-electron chi connectivity index (χ1n) is 5.85. The van der Waals surface area contributed by atoms with Crippen molar-refractivity contribution in [2.45, 2.75) is 6.92 Å². The van der Waals surface area contributed by atoms with Gasteiger partial charge in [-0.3, -0.25) is 0 Å². The Bertz CT molecular complexity index is 432. The molecule has 2 nitrogen and oxygen atoms in total. The van der Waals surface area contributed by atoms with Crippen molar-refractivity contribution >= 4 is 5.70 Å². The predicted octanol–water partition coefficient (Wildman–Crippen LogP) is 3.07. The van der Waals surface area contributed by atoms with Gasteiger partial charge in [-0.2, -0.15) is 0 Å².